The molecule has 0 atom stereocenters. The number of piperidine rings is 1. The van der Waals surface area contributed by atoms with Crippen molar-refractivity contribution >= 4 is 23.0 Å². The maximum atomic E-state index is 6.23. The van der Waals surface area contributed by atoms with Gasteiger partial charge in [0, 0.05) is 18.8 Å². The first-order valence-electron chi connectivity index (χ1n) is 7.02. The van der Waals surface area contributed by atoms with Crippen molar-refractivity contribution in [2.24, 2.45) is 0 Å². The first kappa shape index (κ1) is 12.7. The van der Waals surface area contributed by atoms with E-state index in [1.807, 2.05) is 30.3 Å². The first-order valence-corrected chi connectivity index (χ1v) is 7.02. The summed E-state index contributed by atoms with van der Waals surface area (Å²) in [4.78, 5) is 10.9. The third kappa shape index (κ3) is 2.66. The van der Waals surface area contributed by atoms with Crippen LogP contribution in [0.1, 0.15) is 19.3 Å². The van der Waals surface area contributed by atoms with Crippen LogP contribution < -0.4 is 16.0 Å². The lowest BCUT2D eigenvalue weighted by Crippen LogP contribution is -2.31. The molecule has 1 fully saturated rings. The smallest absolute Gasteiger partial charge is 0.159 e. The number of benzene rings is 1. The molecule has 5 heteroatoms. The van der Waals surface area contributed by atoms with Crippen molar-refractivity contribution in [2.75, 3.05) is 29.0 Å². The van der Waals surface area contributed by atoms with Gasteiger partial charge >= 0.3 is 0 Å². The minimum atomic E-state index is 0.623. The van der Waals surface area contributed by atoms with Crippen molar-refractivity contribution in [1.29, 1.82) is 0 Å². The van der Waals surface area contributed by atoms with Gasteiger partial charge in [0.2, 0.25) is 0 Å². The van der Waals surface area contributed by atoms with Crippen molar-refractivity contribution in [1.82, 2.24) is 9.97 Å². The van der Waals surface area contributed by atoms with Crippen LogP contribution in [-0.2, 0) is 0 Å². The van der Waals surface area contributed by atoms with Gasteiger partial charge in [0.25, 0.3) is 0 Å². The maximum absolute atomic E-state index is 6.23. The molecular weight excluding hydrogens is 250 g/mol. The molecule has 1 aliphatic heterocycles. The lowest BCUT2D eigenvalue weighted by molar-refractivity contribution is 0.574. The monoisotopic (exact) mass is 269 g/mol. The fraction of sp³-hybridized carbons (Fsp3) is 0.333. The Morgan fingerprint density at radius 3 is 2.50 bits per heavy atom. The SMILES string of the molecule is Nc1c(Nc2ccccc2)ncnc1N1CCCCC1. The Morgan fingerprint density at radius 2 is 1.75 bits per heavy atom. The van der Waals surface area contributed by atoms with E-state index in [-0.39, 0.29) is 0 Å². The molecule has 20 heavy (non-hydrogen) atoms. The minimum absolute atomic E-state index is 0.623. The average molecular weight is 269 g/mol. The van der Waals surface area contributed by atoms with Gasteiger partial charge < -0.3 is 16.0 Å². The van der Waals surface area contributed by atoms with E-state index in [0.29, 0.717) is 11.5 Å². The van der Waals surface area contributed by atoms with E-state index in [1.165, 1.54) is 19.3 Å². The van der Waals surface area contributed by atoms with Gasteiger partial charge in [-0.1, -0.05) is 18.2 Å². The summed E-state index contributed by atoms with van der Waals surface area (Å²) in [5.41, 5.74) is 7.83. The van der Waals surface area contributed by atoms with Crippen LogP contribution in [0.2, 0.25) is 0 Å². The van der Waals surface area contributed by atoms with E-state index in [9.17, 15) is 0 Å². The first-order chi connectivity index (χ1) is 9.84. The third-order valence-corrected chi connectivity index (χ3v) is 3.56. The van der Waals surface area contributed by atoms with E-state index in [4.69, 9.17) is 5.73 Å². The summed E-state index contributed by atoms with van der Waals surface area (Å²) < 4.78 is 0. The van der Waals surface area contributed by atoms with E-state index in [2.05, 4.69) is 20.2 Å². The topological polar surface area (TPSA) is 67.1 Å². The average Bonchev–Trinajstić information content (AvgIpc) is 2.51. The molecule has 104 valence electrons. The highest BCUT2D eigenvalue weighted by Crippen LogP contribution is 2.29. The highest BCUT2D eigenvalue weighted by Gasteiger charge is 2.17. The fourth-order valence-electron chi connectivity index (χ4n) is 2.50. The van der Waals surface area contributed by atoms with Crippen molar-refractivity contribution in [3.05, 3.63) is 36.7 Å². The number of rotatable bonds is 3. The highest BCUT2D eigenvalue weighted by atomic mass is 15.2. The standard InChI is InChI=1S/C15H19N5/c16-13-14(19-12-7-3-1-4-8-12)17-11-18-15(13)20-9-5-2-6-10-20/h1,3-4,7-8,11H,2,5-6,9-10,16H2,(H,17,18,19). The lowest BCUT2D eigenvalue weighted by atomic mass is 10.1. The van der Waals surface area contributed by atoms with Gasteiger partial charge in [0.05, 0.1) is 0 Å². The zero-order valence-electron chi connectivity index (χ0n) is 11.4. The molecule has 1 aromatic carbocycles. The van der Waals surface area contributed by atoms with Crippen LogP contribution >= 0.6 is 0 Å². The molecule has 0 radical (unpaired) electrons. The maximum Gasteiger partial charge on any atom is 0.159 e. The number of hydrogen-bond donors (Lipinski definition) is 2. The number of nitrogen functional groups attached to an aromatic ring is 1. The summed E-state index contributed by atoms with van der Waals surface area (Å²) in [5, 5.41) is 3.25. The molecule has 1 aliphatic rings. The third-order valence-electron chi connectivity index (χ3n) is 3.56. The summed E-state index contributed by atoms with van der Waals surface area (Å²) in [6.07, 6.45) is 5.26. The van der Waals surface area contributed by atoms with E-state index in [0.717, 1.165) is 24.6 Å². The van der Waals surface area contributed by atoms with E-state index >= 15 is 0 Å². The van der Waals surface area contributed by atoms with Crippen LogP contribution in [0.5, 0.6) is 0 Å². The summed E-state index contributed by atoms with van der Waals surface area (Å²) in [7, 11) is 0. The van der Waals surface area contributed by atoms with Crippen molar-refractivity contribution in [3.8, 4) is 0 Å². The molecule has 3 N–H and O–H groups in total. The van der Waals surface area contributed by atoms with Crippen LogP contribution in [0.15, 0.2) is 36.7 Å². The minimum Gasteiger partial charge on any atom is -0.393 e. The number of nitrogens with zero attached hydrogens (tertiary/aromatic N) is 3. The number of nitrogens with two attached hydrogens (primary N) is 1. The summed E-state index contributed by atoms with van der Waals surface area (Å²) in [5.74, 6) is 1.52. The zero-order valence-corrected chi connectivity index (χ0v) is 11.4. The predicted molar refractivity (Wildman–Crippen MR) is 82.2 cm³/mol. The van der Waals surface area contributed by atoms with Crippen molar-refractivity contribution in [3.63, 3.8) is 0 Å². The molecule has 0 amide bonds. The molecule has 1 saturated heterocycles. The molecule has 2 heterocycles. The molecule has 0 bridgehead atoms. The number of anilines is 4. The largest absolute Gasteiger partial charge is 0.393 e. The molecule has 0 spiro atoms. The highest BCUT2D eigenvalue weighted by molar-refractivity contribution is 5.78. The number of para-hydroxylation sites is 1. The Balaban J connectivity index is 1.85. The second-order valence-electron chi connectivity index (χ2n) is 5.00. The van der Waals surface area contributed by atoms with Crippen LogP contribution in [0.3, 0.4) is 0 Å². The Hall–Kier alpha value is -2.30. The molecule has 5 nitrogen and oxygen atoms in total. The van der Waals surface area contributed by atoms with Gasteiger partial charge in [0.15, 0.2) is 11.6 Å². The number of aromatic nitrogens is 2. The Morgan fingerprint density at radius 1 is 1.00 bits per heavy atom. The van der Waals surface area contributed by atoms with E-state index < -0.39 is 0 Å². The summed E-state index contributed by atoms with van der Waals surface area (Å²) in [6.45, 7) is 2.04. The van der Waals surface area contributed by atoms with Gasteiger partial charge in [-0.05, 0) is 31.4 Å². The molecule has 2 aromatic rings. The quantitative estimate of drug-likeness (QED) is 0.896. The van der Waals surface area contributed by atoms with Crippen LogP contribution in [-0.4, -0.2) is 23.1 Å². The second kappa shape index (κ2) is 5.77. The fourth-order valence-corrected chi connectivity index (χ4v) is 2.50. The number of hydrogen-bond acceptors (Lipinski definition) is 5. The Kier molecular flexibility index (Phi) is 3.67. The Labute approximate surface area is 118 Å². The molecule has 1 aromatic heterocycles. The summed E-state index contributed by atoms with van der Waals surface area (Å²) in [6, 6.07) is 9.91. The van der Waals surface area contributed by atoms with Gasteiger partial charge in [-0.15, -0.1) is 0 Å². The van der Waals surface area contributed by atoms with Gasteiger partial charge in [-0.2, -0.15) is 0 Å². The zero-order chi connectivity index (χ0) is 13.8. The molecule has 0 aliphatic carbocycles. The number of nitrogens with one attached hydrogen (secondary N) is 1. The molecule has 0 saturated carbocycles. The second-order valence-corrected chi connectivity index (χ2v) is 5.00. The summed E-state index contributed by atoms with van der Waals surface area (Å²) >= 11 is 0. The van der Waals surface area contributed by atoms with Gasteiger partial charge in [0.1, 0.15) is 12.0 Å². The molecule has 3 rings (SSSR count). The lowest BCUT2D eigenvalue weighted by Gasteiger charge is -2.28. The van der Waals surface area contributed by atoms with Crippen LogP contribution in [0.25, 0.3) is 0 Å². The van der Waals surface area contributed by atoms with Crippen molar-refractivity contribution in [2.45, 2.75) is 19.3 Å². The van der Waals surface area contributed by atoms with Crippen molar-refractivity contribution < 1.29 is 0 Å². The van der Waals surface area contributed by atoms with Gasteiger partial charge in [-0.25, -0.2) is 9.97 Å². The van der Waals surface area contributed by atoms with E-state index in [1.54, 1.807) is 6.33 Å². The van der Waals surface area contributed by atoms with Gasteiger partial charge in [-0.3, -0.25) is 0 Å². The van der Waals surface area contributed by atoms with Crippen LogP contribution in [0.4, 0.5) is 23.0 Å². The normalized spacial score (nSPS) is 15.1. The molecule has 0 unspecified atom stereocenters. The predicted octanol–water partition coefficient (Wildman–Crippen LogP) is 2.79. The molecular formula is C15H19N5. The Bertz CT molecular complexity index is 564. The van der Waals surface area contributed by atoms with Crippen LogP contribution in [0, 0.1) is 0 Å².